The van der Waals surface area contributed by atoms with Crippen LogP contribution in [-0.4, -0.2) is 5.78 Å². The van der Waals surface area contributed by atoms with Gasteiger partial charge in [-0.05, 0) is 42.9 Å². The zero-order valence-electron chi connectivity index (χ0n) is 10.7. The number of carbonyl (C=O) groups excluding carboxylic acids is 1. The molecular weight excluding hydrogens is 246 g/mol. The summed E-state index contributed by atoms with van der Waals surface area (Å²) < 4.78 is 26.4. The van der Waals surface area contributed by atoms with E-state index in [4.69, 9.17) is 0 Å². The monoisotopic (exact) mass is 262 g/mol. The van der Waals surface area contributed by atoms with E-state index < -0.39 is 11.6 Å². The van der Waals surface area contributed by atoms with Gasteiger partial charge in [0.15, 0.2) is 17.4 Å². The Labute approximate surface area is 111 Å². The zero-order chi connectivity index (χ0) is 13.4. The van der Waals surface area contributed by atoms with Gasteiger partial charge in [-0.15, -0.1) is 0 Å². The lowest BCUT2D eigenvalue weighted by Crippen LogP contribution is -2.02. The summed E-state index contributed by atoms with van der Waals surface area (Å²) in [6.07, 6.45) is 5.95. The SMILES string of the molecule is O=C1CCC(C2CCCC2)=C1c1ccc(F)c(F)c1. The first-order chi connectivity index (χ1) is 9.16. The first kappa shape index (κ1) is 12.5. The summed E-state index contributed by atoms with van der Waals surface area (Å²) >= 11 is 0. The van der Waals surface area contributed by atoms with E-state index in [0.29, 0.717) is 23.5 Å². The van der Waals surface area contributed by atoms with Gasteiger partial charge in [-0.1, -0.05) is 24.5 Å². The Morgan fingerprint density at radius 3 is 2.42 bits per heavy atom. The van der Waals surface area contributed by atoms with Crippen LogP contribution in [0.4, 0.5) is 8.78 Å². The number of hydrogen-bond acceptors (Lipinski definition) is 1. The second-order valence-electron chi connectivity index (χ2n) is 5.43. The van der Waals surface area contributed by atoms with Crippen LogP contribution in [0.2, 0.25) is 0 Å². The molecule has 3 rings (SSSR count). The van der Waals surface area contributed by atoms with Crippen molar-refractivity contribution in [2.45, 2.75) is 38.5 Å². The van der Waals surface area contributed by atoms with E-state index in [9.17, 15) is 13.6 Å². The van der Waals surface area contributed by atoms with E-state index in [0.717, 1.165) is 31.4 Å². The van der Waals surface area contributed by atoms with Gasteiger partial charge in [-0.3, -0.25) is 4.79 Å². The quantitative estimate of drug-likeness (QED) is 0.777. The minimum Gasteiger partial charge on any atom is -0.294 e. The number of halogens is 2. The van der Waals surface area contributed by atoms with Crippen molar-refractivity contribution in [3.8, 4) is 0 Å². The maximum atomic E-state index is 13.4. The molecule has 1 fully saturated rings. The fourth-order valence-corrected chi connectivity index (χ4v) is 3.36. The Morgan fingerprint density at radius 1 is 1.00 bits per heavy atom. The Kier molecular flexibility index (Phi) is 3.21. The fraction of sp³-hybridized carbons (Fsp3) is 0.438. The molecule has 0 aliphatic heterocycles. The fourth-order valence-electron chi connectivity index (χ4n) is 3.36. The number of hydrogen-bond donors (Lipinski definition) is 0. The highest BCUT2D eigenvalue weighted by molar-refractivity contribution is 6.23. The van der Waals surface area contributed by atoms with Gasteiger partial charge in [0, 0.05) is 12.0 Å². The van der Waals surface area contributed by atoms with Crippen LogP contribution in [0.1, 0.15) is 44.1 Å². The van der Waals surface area contributed by atoms with Gasteiger partial charge in [-0.2, -0.15) is 0 Å². The van der Waals surface area contributed by atoms with E-state index in [2.05, 4.69) is 0 Å². The molecule has 1 aromatic carbocycles. The Hall–Kier alpha value is -1.51. The van der Waals surface area contributed by atoms with Gasteiger partial charge < -0.3 is 0 Å². The van der Waals surface area contributed by atoms with Crippen molar-refractivity contribution in [3.63, 3.8) is 0 Å². The third-order valence-electron chi connectivity index (χ3n) is 4.28. The van der Waals surface area contributed by atoms with E-state index in [-0.39, 0.29) is 5.78 Å². The summed E-state index contributed by atoms with van der Waals surface area (Å²) in [4.78, 5) is 12.1. The molecule has 2 aliphatic carbocycles. The van der Waals surface area contributed by atoms with E-state index in [1.807, 2.05) is 0 Å². The summed E-state index contributed by atoms with van der Waals surface area (Å²) in [5, 5.41) is 0. The summed E-state index contributed by atoms with van der Waals surface area (Å²) in [6, 6.07) is 3.78. The Balaban J connectivity index is 2.05. The van der Waals surface area contributed by atoms with Gasteiger partial charge in [-0.25, -0.2) is 8.78 Å². The number of rotatable bonds is 2. The van der Waals surface area contributed by atoms with Gasteiger partial charge in [0.1, 0.15) is 0 Å². The molecular formula is C16H16F2O. The van der Waals surface area contributed by atoms with E-state index in [1.165, 1.54) is 24.5 Å². The molecule has 2 aliphatic rings. The van der Waals surface area contributed by atoms with Crippen molar-refractivity contribution in [2.75, 3.05) is 0 Å². The second kappa shape index (κ2) is 4.87. The maximum absolute atomic E-state index is 13.4. The average Bonchev–Trinajstić information content (AvgIpc) is 3.01. The highest BCUT2D eigenvalue weighted by atomic mass is 19.2. The first-order valence-electron chi connectivity index (χ1n) is 6.88. The molecule has 19 heavy (non-hydrogen) atoms. The Morgan fingerprint density at radius 2 is 1.74 bits per heavy atom. The van der Waals surface area contributed by atoms with Crippen LogP contribution in [0.15, 0.2) is 23.8 Å². The molecule has 3 heteroatoms. The molecule has 0 N–H and O–H groups in total. The smallest absolute Gasteiger partial charge is 0.163 e. The highest BCUT2D eigenvalue weighted by Gasteiger charge is 2.31. The van der Waals surface area contributed by atoms with Crippen LogP contribution in [0, 0.1) is 17.6 Å². The number of allylic oxidation sites excluding steroid dienone is 2. The van der Waals surface area contributed by atoms with Crippen LogP contribution in [0.3, 0.4) is 0 Å². The molecule has 0 atom stereocenters. The molecule has 0 spiro atoms. The van der Waals surface area contributed by atoms with Crippen LogP contribution in [-0.2, 0) is 4.79 Å². The lowest BCUT2D eigenvalue weighted by molar-refractivity contribution is -0.113. The summed E-state index contributed by atoms with van der Waals surface area (Å²) in [7, 11) is 0. The molecule has 0 unspecified atom stereocenters. The Bertz CT molecular complexity index is 554. The topological polar surface area (TPSA) is 17.1 Å². The minimum absolute atomic E-state index is 0.0768. The van der Waals surface area contributed by atoms with Gasteiger partial charge >= 0.3 is 0 Å². The molecule has 0 saturated heterocycles. The first-order valence-corrected chi connectivity index (χ1v) is 6.88. The second-order valence-corrected chi connectivity index (χ2v) is 5.43. The van der Waals surface area contributed by atoms with Gasteiger partial charge in [0.25, 0.3) is 0 Å². The molecule has 100 valence electrons. The summed E-state index contributed by atoms with van der Waals surface area (Å²) in [6.45, 7) is 0. The van der Waals surface area contributed by atoms with Crippen molar-refractivity contribution < 1.29 is 13.6 Å². The number of ketones is 1. The lowest BCUT2D eigenvalue weighted by atomic mass is 9.91. The van der Waals surface area contributed by atoms with Crippen molar-refractivity contribution >= 4 is 11.4 Å². The summed E-state index contributed by atoms with van der Waals surface area (Å²) in [5.74, 6) is -1.20. The van der Waals surface area contributed by atoms with Crippen molar-refractivity contribution in [3.05, 3.63) is 41.0 Å². The third kappa shape index (κ3) is 2.22. The van der Waals surface area contributed by atoms with E-state index in [1.54, 1.807) is 0 Å². The number of carbonyl (C=O) groups is 1. The van der Waals surface area contributed by atoms with Gasteiger partial charge in [0.2, 0.25) is 0 Å². The molecule has 1 saturated carbocycles. The van der Waals surface area contributed by atoms with Crippen LogP contribution in [0.25, 0.3) is 5.57 Å². The van der Waals surface area contributed by atoms with Crippen LogP contribution >= 0.6 is 0 Å². The van der Waals surface area contributed by atoms with Gasteiger partial charge in [0.05, 0.1) is 0 Å². The molecule has 1 nitrogen and oxygen atoms in total. The third-order valence-corrected chi connectivity index (χ3v) is 4.28. The van der Waals surface area contributed by atoms with Crippen LogP contribution < -0.4 is 0 Å². The molecule has 0 radical (unpaired) electrons. The zero-order valence-corrected chi connectivity index (χ0v) is 10.7. The van der Waals surface area contributed by atoms with E-state index >= 15 is 0 Å². The molecule has 0 amide bonds. The van der Waals surface area contributed by atoms with Crippen molar-refractivity contribution in [1.82, 2.24) is 0 Å². The van der Waals surface area contributed by atoms with Crippen LogP contribution in [0.5, 0.6) is 0 Å². The molecule has 0 bridgehead atoms. The normalized spacial score (nSPS) is 20.6. The van der Waals surface area contributed by atoms with Crippen molar-refractivity contribution in [1.29, 1.82) is 0 Å². The highest BCUT2D eigenvalue weighted by Crippen LogP contribution is 2.42. The van der Waals surface area contributed by atoms with Crippen molar-refractivity contribution in [2.24, 2.45) is 5.92 Å². The largest absolute Gasteiger partial charge is 0.294 e. The number of Topliss-reactive ketones (excluding diaryl/α,β-unsaturated/α-hetero) is 1. The molecule has 0 heterocycles. The average molecular weight is 262 g/mol. The predicted molar refractivity (Wildman–Crippen MR) is 69.5 cm³/mol. The maximum Gasteiger partial charge on any atom is 0.163 e. The summed E-state index contributed by atoms with van der Waals surface area (Å²) in [5.41, 5.74) is 2.38. The number of benzene rings is 1. The molecule has 1 aromatic rings. The molecule has 0 aromatic heterocycles. The lowest BCUT2D eigenvalue weighted by Gasteiger charge is -2.13. The minimum atomic E-state index is -0.879. The predicted octanol–water partition coefficient (Wildman–Crippen LogP) is 4.27. The standard InChI is InChI=1S/C16H16F2O/c17-13-7-5-11(9-14(13)18)16-12(6-8-15(16)19)10-3-1-2-4-10/h5,7,9-10H,1-4,6,8H2.